The van der Waals surface area contributed by atoms with Crippen molar-refractivity contribution < 1.29 is 18.3 Å². The summed E-state index contributed by atoms with van der Waals surface area (Å²) in [6, 6.07) is 11.1. The van der Waals surface area contributed by atoms with Gasteiger partial charge >= 0.3 is 0 Å². The third-order valence-electron chi connectivity index (χ3n) is 2.33. The summed E-state index contributed by atoms with van der Waals surface area (Å²) in [7, 11) is 0. The Kier molecular flexibility index (Phi) is 4.07. The summed E-state index contributed by atoms with van der Waals surface area (Å²) < 4.78 is 31.0. The van der Waals surface area contributed by atoms with Crippen LogP contribution in [0.15, 0.2) is 48.5 Å². The zero-order chi connectivity index (χ0) is 13.7. The van der Waals surface area contributed by atoms with Crippen LogP contribution in [0, 0.1) is 11.6 Å². The number of ether oxygens (including phenoxy) is 1. The molecule has 0 heterocycles. The van der Waals surface area contributed by atoms with Gasteiger partial charge in [0.2, 0.25) is 0 Å². The number of hydrogen-bond acceptors (Lipinski definition) is 2. The monoisotopic (exact) mass is 263 g/mol. The molecule has 3 nitrogen and oxygen atoms in total. The summed E-state index contributed by atoms with van der Waals surface area (Å²) in [5, 5.41) is 2.38. The summed E-state index contributed by atoms with van der Waals surface area (Å²) in [5.41, 5.74) is 0.0928. The van der Waals surface area contributed by atoms with E-state index in [1.807, 2.05) is 0 Å². The quantitative estimate of drug-likeness (QED) is 0.920. The highest BCUT2D eigenvalue weighted by Crippen LogP contribution is 2.13. The van der Waals surface area contributed by atoms with Crippen molar-refractivity contribution in [3.63, 3.8) is 0 Å². The van der Waals surface area contributed by atoms with Crippen molar-refractivity contribution in [2.45, 2.75) is 0 Å². The molecule has 0 aliphatic rings. The molecule has 0 aromatic heterocycles. The van der Waals surface area contributed by atoms with Gasteiger partial charge in [0.25, 0.3) is 5.91 Å². The number of anilines is 1. The first-order valence-corrected chi connectivity index (χ1v) is 5.58. The summed E-state index contributed by atoms with van der Waals surface area (Å²) in [5.74, 6) is -1.03. The first-order valence-electron chi connectivity index (χ1n) is 5.58. The van der Waals surface area contributed by atoms with E-state index in [1.54, 1.807) is 6.07 Å². The van der Waals surface area contributed by atoms with Gasteiger partial charge in [-0.15, -0.1) is 0 Å². The Morgan fingerprint density at radius 1 is 1.05 bits per heavy atom. The van der Waals surface area contributed by atoms with Crippen molar-refractivity contribution in [1.82, 2.24) is 0 Å². The molecule has 0 atom stereocenters. The van der Waals surface area contributed by atoms with Crippen LogP contribution >= 0.6 is 0 Å². The van der Waals surface area contributed by atoms with E-state index < -0.39 is 11.7 Å². The van der Waals surface area contributed by atoms with Crippen molar-refractivity contribution >= 4 is 11.6 Å². The van der Waals surface area contributed by atoms with Crippen LogP contribution in [-0.4, -0.2) is 12.5 Å². The average Bonchev–Trinajstić information content (AvgIpc) is 2.41. The van der Waals surface area contributed by atoms with E-state index in [9.17, 15) is 13.6 Å². The van der Waals surface area contributed by atoms with E-state index in [2.05, 4.69) is 5.32 Å². The van der Waals surface area contributed by atoms with Crippen LogP contribution in [0.5, 0.6) is 5.75 Å². The van der Waals surface area contributed by atoms with Crippen LogP contribution in [-0.2, 0) is 4.79 Å². The zero-order valence-corrected chi connectivity index (χ0v) is 9.90. The van der Waals surface area contributed by atoms with Crippen molar-refractivity contribution in [2.24, 2.45) is 0 Å². The van der Waals surface area contributed by atoms with Gasteiger partial charge in [0.1, 0.15) is 17.4 Å². The molecule has 19 heavy (non-hydrogen) atoms. The van der Waals surface area contributed by atoms with E-state index in [0.29, 0.717) is 5.75 Å². The maximum Gasteiger partial charge on any atom is 0.262 e. The van der Waals surface area contributed by atoms with E-state index in [4.69, 9.17) is 4.74 Å². The molecule has 0 aliphatic carbocycles. The van der Waals surface area contributed by atoms with Crippen LogP contribution in [0.4, 0.5) is 14.5 Å². The second kappa shape index (κ2) is 5.95. The molecule has 2 aromatic rings. The Balaban J connectivity index is 1.88. The summed E-state index contributed by atoms with van der Waals surface area (Å²) in [6.45, 7) is -0.278. The highest BCUT2D eigenvalue weighted by atomic mass is 19.1. The SMILES string of the molecule is O=C(COc1ccc(F)cc1)Nc1ccccc1F. The lowest BCUT2D eigenvalue weighted by Crippen LogP contribution is -2.20. The number of para-hydroxylation sites is 1. The molecular formula is C14H11F2NO2. The Morgan fingerprint density at radius 3 is 2.42 bits per heavy atom. The minimum Gasteiger partial charge on any atom is -0.484 e. The van der Waals surface area contributed by atoms with E-state index >= 15 is 0 Å². The molecule has 98 valence electrons. The zero-order valence-electron chi connectivity index (χ0n) is 9.90. The van der Waals surface area contributed by atoms with Gasteiger partial charge in [0.15, 0.2) is 6.61 Å². The van der Waals surface area contributed by atoms with Crippen LogP contribution < -0.4 is 10.1 Å². The fourth-order valence-electron chi connectivity index (χ4n) is 1.43. The molecule has 1 amide bonds. The maximum atomic E-state index is 13.3. The molecule has 1 N–H and O–H groups in total. The predicted octanol–water partition coefficient (Wildman–Crippen LogP) is 2.98. The molecule has 0 bridgehead atoms. The lowest BCUT2D eigenvalue weighted by atomic mass is 10.3. The number of nitrogens with one attached hydrogen (secondary N) is 1. The normalized spacial score (nSPS) is 10.0. The topological polar surface area (TPSA) is 38.3 Å². The number of carbonyl (C=O) groups is 1. The molecule has 5 heteroatoms. The van der Waals surface area contributed by atoms with Gasteiger partial charge in [0.05, 0.1) is 5.69 Å². The van der Waals surface area contributed by atoms with Crippen LogP contribution in [0.1, 0.15) is 0 Å². The van der Waals surface area contributed by atoms with Crippen molar-refractivity contribution in [3.05, 3.63) is 60.2 Å². The largest absolute Gasteiger partial charge is 0.484 e. The second-order valence-electron chi connectivity index (χ2n) is 3.77. The Hall–Kier alpha value is -2.43. The van der Waals surface area contributed by atoms with Crippen molar-refractivity contribution in [1.29, 1.82) is 0 Å². The summed E-state index contributed by atoms with van der Waals surface area (Å²) in [4.78, 5) is 11.5. The predicted molar refractivity (Wildman–Crippen MR) is 66.9 cm³/mol. The number of amides is 1. The fourth-order valence-corrected chi connectivity index (χ4v) is 1.43. The van der Waals surface area contributed by atoms with Gasteiger partial charge in [-0.1, -0.05) is 12.1 Å². The number of rotatable bonds is 4. The first kappa shape index (κ1) is 13.0. The van der Waals surface area contributed by atoms with E-state index in [1.165, 1.54) is 42.5 Å². The first-order chi connectivity index (χ1) is 9.15. The average molecular weight is 263 g/mol. The molecule has 0 saturated heterocycles. The number of hydrogen-bond donors (Lipinski definition) is 1. The summed E-state index contributed by atoms with van der Waals surface area (Å²) in [6.07, 6.45) is 0. The molecule has 0 fully saturated rings. The Morgan fingerprint density at radius 2 is 1.74 bits per heavy atom. The highest BCUT2D eigenvalue weighted by molar-refractivity contribution is 5.91. The van der Waals surface area contributed by atoms with Crippen LogP contribution in [0.3, 0.4) is 0 Å². The van der Waals surface area contributed by atoms with Crippen molar-refractivity contribution in [3.8, 4) is 5.75 Å². The third kappa shape index (κ3) is 3.77. The molecule has 2 aromatic carbocycles. The van der Waals surface area contributed by atoms with Gasteiger partial charge in [-0.05, 0) is 36.4 Å². The van der Waals surface area contributed by atoms with Gasteiger partial charge in [0, 0.05) is 0 Å². The molecule has 2 rings (SSSR count). The number of carbonyl (C=O) groups excluding carboxylic acids is 1. The van der Waals surface area contributed by atoms with E-state index in [-0.39, 0.29) is 18.1 Å². The summed E-state index contributed by atoms with van der Waals surface area (Å²) >= 11 is 0. The van der Waals surface area contributed by atoms with Crippen LogP contribution in [0.25, 0.3) is 0 Å². The smallest absolute Gasteiger partial charge is 0.262 e. The Bertz CT molecular complexity index is 570. The van der Waals surface area contributed by atoms with Gasteiger partial charge in [-0.3, -0.25) is 4.79 Å². The molecule has 0 radical (unpaired) electrons. The van der Waals surface area contributed by atoms with Gasteiger partial charge in [-0.2, -0.15) is 0 Å². The standard InChI is InChI=1S/C14H11F2NO2/c15-10-5-7-11(8-6-10)19-9-14(18)17-13-4-2-1-3-12(13)16/h1-8H,9H2,(H,17,18). The van der Waals surface area contributed by atoms with Crippen molar-refractivity contribution in [2.75, 3.05) is 11.9 Å². The highest BCUT2D eigenvalue weighted by Gasteiger charge is 2.06. The number of halogens is 2. The second-order valence-corrected chi connectivity index (χ2v) is 3.77. The minimum atomic E-state index is -0.516. The molecule has 0 spiro atoms. The molecular weight excluding hydrogens is 252 g/mol. The third-order valence-corrected chi connectivity index (χ3v) is 2.33. The number of benzene rings is 2. The van der Waals surface area contributed by atoms with E-state index in [0.717, 1.165) is 0 Å². The molecule has 0 unspecified atom stereocenters. The van der Waals surface area contributed by atoms with Gasteiger partial charge in [-0.25, -0.2) is 8.78 Å². The molecule has 0 saturated carbocycles. The molecule has 0 aliphatic heterocycles. The van der Waals surface area contributed by atoms with Crippen LogP contribution in [0.2, 0.25) is 0 Å². The lowest BCUT2D eigenvalue weighted by molar-refractivity contribution is -0.118. The maximum absolute atomic E-state index is 13.3. The minimum absolute atomic E-state index is 0.0928. The lowest BCUT2D eigenvalue weighted by Gasteiger charge is -2.08. The fraction of sp³-hybridized carbons (Fsp3) is 0.0714. The Labute approximate surface area is 108 Å². The van der Waals surface area contributed by atoms with Gasteiger partial charge < -0.3 is 10.1 Å².